The Kier molecular flexibility index (Phi) is 2.35. The molecule has 3 aliphatic rings. The minimum Gasteiger partial charge on any atom is -0.504 e. The first kappa shape index (κ1) is 12.3. The fraction of sp³-hybridized carbons (Fsp3) is 0.625. The molecule has 2 unspecified atom stereocenters. The van der Waals surface area contributed by atoms with E-state index in [-0.39, 0.29) is 17.6 Å². The van der Waals surface area contributed by atoms with Gasteiger partial charge >= 0.3 is 0 Å². The first-order chi connectivity index (χ1) is 9.55. The lowest BCUT2D eigenvalue weighted by molar-refractivity contribution is 0.244. The van der Waals surface area contributed by atoms with Gasteiger partial charge in [0.1, 0.15) is 18.0 Å². The quantitative estimate of drug-likeness (QED) is 0.867. The summed E-state index contributed by atoms with van der Waals surface area (Å²) in [7, 11) is 0. The van der Waals surface area contributed by atoms with Gasteiger partial charge in [-0.1, -0.05) is 0 Å². The van der Waals surface area contributed by atoms with Crippen molar-refractivity contribution in [1.82, 2.24) is 0 Å². The van der Waals surface area contributed by atoms with Crippen molar-refractivity contribution < 1.29 is 14.6 Å². The Morgan fingerprint density at radius 3 is 2.30 bits per heavy atom. The Morgan fingerprint density at radius 1 is 1.10 bits per heavy atom. The molecular formula is C16H21NO3. The topological polar surface area (TPSA) is 64.7 Å². The normalized spacial score (nSPS) is 28.6. The van der Waals surface area contributed by atoms with Crippen LogP contribution in [-0.4, -0.2) is 23.9 Å². The minimum atomic E-state index is 0.0549. The third-order valence-electron chi connectivity index (χ3n) is 4.97. The van der Waals surface area contributed by atoms with Gasteiger partial charge in [-0.3, -0.25) is 0 Å². The number of rotatable bonds is 2. The molecule has 0 aromatic heterocycles. The van der Waals surface area contributed by atoms with Gasteiger partial charge in [-0.15, -0.1) is 0 Å². The van der Waals surface area contributed by atoms with E-state index in [0.29, 0.717) is 18.0 Å². The van der Waals surface area contributed by atoms with Crippen LogP contribution in [0.2, 0.25) is 0 Å². The number of hydrogen-bond acceptors (Lipinski definition) is 4. The fourth-order valence-corrected chi connectivity index (χ4v) is 3.76. The van der Waals surface area contributed by atoms with Gasteiger partial charge in [-0.2, -0.15) is 0 Å². The smallest absolute Gasteiger partial charge is 0.165 e. The predicted molar refractivity (Wildman–Crippen MR) is 75.7 cm³/mol. The summed E-state index contributed by atoms with van der Waals surface area (Å²) >= 11 is 0. The molecule has 1 aromatic carbocycles. The summed E-state index contributed by atoms with van der Waals surface area (Å²) in [5, 5.41) is 10.5. The Morgan fingerprint density at radius 2 is 1.70 bits per heavy atom. The zero-order valence-electron chi connectivity index (χ0n) is 12.0. The number of hydrogen-bond donors (Lipinski definition) is 2. The van der Waals surface area contributed by atoms with E-state index in [1.807, 2.05) is 13.8 Å². The molecule has 0 spiro atoms. The Hall–Kier alpha value is -1.42. The van der Waals surface area contributed by atoms with Crippen molar-refractivity contribution in [3.63, 3.8) is 0 Å². The standard InChI is InChI=1S/C16H21NO3/c1-8-5-10-12(16(7-17)3-4-16)14-11(6-9(2)19-14)13(18)15(10)20-8/h8-9,18H,3-7,17H2,1-2H3. The highest BCUT2D eigenvalue weighted by atomic mass is 16.5. The maximum absolute atomic E-state index is 10.5. The molecule has 2 heterocycles. The highest BCUT2D eigenvalue weighted by molar-refractivity contribution is 5.68. The van der Waals surface area contributed by atoms with E-state index in [0.717, 1.165) is 42.6 Å². The van der Waals surface area contributed by atoms with Gasteiger partial charge in [0.2, 0.25) is 0 Å². The molecule has 4 rings (SSSR count). The Bertz CT molecular complexity index is 553. The van der Waals surface area contributed by atoms with Crippen molar-refractivity contribution >= 4 is 0 Å². The molecule has 3 N–H and O–H groups in total. The predicted octanol–water partition coefficient (Wildman–Crippen LogP) is 2.03. The van der Waals surface area contributed by atoms with Crippen molar-refractivity contribution in [3.8, 4) is 17.2 Å². The summed E-state index contributed by atoms with van der Waals surface area (Å²) in [5.41, 5.74) is 9.37. The van der Waals surface area contributed by atoms with Crippen LogP contribution >= 0.6 is 0 Å². The number of benzene rings is 1. The summed E-state index contributed by atoms with van der Waals surface area (Å²) in [4.78, 5) is 0. The van der Waals surface area contributed by atoms with Gasteiger partial charge < -0.3 is 20.3 Å². The van der Waals surface area contributed by atoms with E-state index >= 15 is 0 Å². The largest absolute Gasteiger partial charge is 0.504 e. The first-order valence-electron chi connectivity index (χ1n) is 7.50. The van der Waals surface area contributed by atoms with Gasteiger partial charge in [0, 0.05) is 41.5 Å². The van der Waals surface area contributed by atoms with Crippen LogP contribution in [0.4, 0.5) is 0 Å². The van der Waals surface area contributed by atoms with Gasteiger partial charge in [-0.25, -0.2) is 0 Å². The molecule has 1 saturated carbocycles. The van der Waals surface area contributed by atoms with Crippen LogP contribution in [0, 0.1) is 0 Å². The molecule has 1 fully saturated rings. The molecule has 0 radical (unpaired) electrons. The molecule has 1 aliphatic carbocycles. The summed E-state index contributed by atoms with van der Waals surface area (Å²) in [6.45, 7) is 4.72. The number of aromatic hydroxyl groups is 1. The van der Waals surface area contributed by atoms with E-state index in [4.69, 9.17) is 15.2 Å². The van der Waals surface area contributed by atoms with Crippen molar-refractivity contribution in [2.24, 2.45) is 5.73 Å². The SMILES string of the molecule is CC1Cc2c(c(O)c3c(c2C2(CN)CC2)OC(C)C3)O1. The lowest BCUT2D eigenvalue weighted by Crippen LogP contribution is -2.22. The molecule has 20 heavy (non-hydrogen) atoms. The zero-order chi connectivity index (χ0) is 14.1. The molecule has 4 heteroatoms. The van der Waals surface area contributed by atoms with Crippen LogP contribution in [0.3, 0.4) is 0 Å². The lowest BCUT2D eigenvalue weighted by Gasteiger charge is -2.21. The molecule has 4 nitrogen and oxygen atoms in total. The molecule has 0 saturated heterocycles. The highest BCUT2D eigenvalue weighted by Crippen LogP contribution is 2.59. The van der Waals surface area contributed by atoms with E-state index in [2.05, 4.69) is 0 Å². The highest BCUT2D eigenvalue weighted by Gasteiger charge is 2.50. The second-order valence-electron chi connectivity index (χ2n) is 6.59. The van der Waals surface area contributed by atoms with Crippen LogP contribution in [-0.2, 0) is 18.3 Å². The van der Waals surface area contributed by atoms with Gasteiger partial charge in [-0.05, 0) is 26.7 Å². The van der Waals surface area contributed by atoms with Crippen molar-refractivity contribution in [2.75, 3.05) is 6.54 Å². The number of nitrogens with two attached hydrogens (primary N) is 1. The van der Waals surface area contributed by atoms with Crippen LogP contribution < -0.4 is 15.2 Å². The summed E-state index contributed by atoms with van der Waals surface area (Å²) in [6.07, 6.45) is 4.04. The third-order valence-corrected chi connectivity index (χ3v) is 4.97. The molecule has 2 atom stereocenters. The second-order valence-corrected chi connectivity index (χ2v) is 6.59. The number of fused-ring (bicyclic) bond motifs is 2. The van der Waals surface area contributed by atoms with Crippen molar-refractivity contribution in [3.05, 3.63) is 16.7 Å². The number of ether oxygens (including phenoxy) is 2. The summed E-state index contributed by atoms with van der Waals surface area (Å²) in [6, 6.07) is 0. The molecule has 1 aromatic rings. The Balaban J connectivity index is 1.98. The van der Waals surface area contributed by atoms with Crippen molar-refractivity contribution in [1.29, 1.82) is 0 Å². The maximum atomic E-state index is 10.5. The molecular weight excluding hydrogens is 254 g/mol. The van der Waals surface area contributed by atoms with Crippen LogP contribution in [0.5, 0.6) is 17.2 Å². The Labute approximate surface area is 118 Å². The van der Waals surface area contributed by atoms with Crippen LogP contribution in [0.1, 0.15) is 43.4 Å². The molecule has 0 bridgehead atoms. The summed E-state index contributed by atoms with van der Waals surface area (Å²) < 4.78 is 11.9. The monoisotopic (exact) mass is 275 g/mol. The van der Waals surface area contributed by atoms with Crippen LogP contribution in [0.25, 0.3) is 0 Å². The zero-order valence-corrected chi connectivity index (χ0v) is 12.0. The minimum absolute atomic E-state index is 0.0549. The van der Waals surface area contributed by atoms with Crippen molar-refractivity contribution in [2.45, 2.75) is 57.2 Å². The van der Waals surface area contributed by atoms with E-state index in [1.165, 1.54) is 5.56 Å². The van der Waals surface area contributed by atoms with Crippen LogP contribution in [0.15, 0.2) is 0 Å². The van der Waals surface area contributed by atoms with Gasteiger partial charge in [0.15, 0.2) is 11.5 Å². The molecule has 0 amide bonds. The van der Waals surface area contributed by atoms with Gasteiger partial charge in [0.05, 0.1) is 0 Å². The average Bonchev–Trinajstić information content (AvgIpc) is 2.95. The number of phenolic OH excluding ortho intramolecular Hbond substituents is 1. The average molecular weight is 275 g/mol. The lowest BCUT2D eigenvalue weighted by atomic mass is 9.86. The summed E-state index contributed by atoms with van der Waals surface area (Å²) in [5.74, 6) is 1.87. The molecule has 2 aliphatic heterocycles. The first-order valence-corrected chi connectivity index (χ1v) is 7.50. The third kappa shape index (κ3) is 1.46. The molecule has 108 valence electrons. The maximum Gasteiger partial charge on any atom is 0.165 e. The van der Waals surface area contributed by atoms with E-state index < -0.39 is 0 Å². The second kappa shape index (κ2) is 3.82. The van der Waals surface area contributed by atoms with E-state index in [9.17, 15) is 5.11 Å². The van der Waals surface area contributed by atoms with E-state index in [1.54, 1.807) is 0 Å². The number of phenols is 1. The van der Waals surface area contributed by atoms with Gasteiger partial charge in [0.25, 0.3) is 0 Å². The fourth-order valence-electron chi connectivity index (χ4n) is 3.76.